The molecular weight excluding hydrogens is 727 g/mol. The number of amides is 2. The first-order chi connectivity index (χ1) is 24.0. The van der Waals surface area contributed by atoms with Crippen molar-refractivity contribution in [1.29, 1.82) is 0 Å². The minimum absolute atomic E-state index is 0.149. The van der Waals surface area contributed by atoms with Crippen molar-refractivity contribution >= 4 is 56.3 Å². The van der Waals surface area contributed by atoms with Gasteiger partial charge >= 0.3 is 13.7 Å². The molecule has 4 rings (SSSR count). The van der Waals surface area contributed by atoms with Crippen LogP contribution >= 0.6 is 27.8 Å². The molecule has 0 radical (unpaired) electrons. The number of halogens is 1. The summed E-state index contributed by atoms with van der Waals surface area (Å²) in [6, 6.07) is 17.3. The van der Waals surface area contributed by atoms with Gasteiger partial charge in [0.15, 0.2) is 5.11 Å². The van der Waals surface area contributed by atoms with E-state index in [1.54, 1.807) is 41.3 Å². The zero-order valence-corrected chi connectivity index (χ0v) is 29.9. The predicted octanol–water partition coefficient (Wildman–Crippen LogP) is 2.25. The maximum atomic E-state index is 15.3. The molecule has 0 spiro atoms. The first-order valence-corrected chi connectivity index (χ1v) is 18.6. The first-order valence-electron chi connectivity index (χ1n) is 15.2. The van der Waals surface area contributed by atoms with Gasteiger partial charge in [0.25, 0.3) is 0 Å². The normalized spacial score (nSPS) is 16.5. The predicted molar refractivity (Wildman–Crippen MR) is 193 cm³/mol. The van der Waals surface area contributed by atoms with Gasteiger partial charge in [-0.15, -0.1) is 0 Å². The van der Waals surface area contributed by atoms with Crippen molar-refractivity contribution < 1.29 is 47.6 Å². The number of cyclic esters (lactones) is 1. The molecule has 0 aliphatic carbocycles. The largest absolute Gasteiger partial charge is 0.442 e. The van der Waals surface area contributed by atoms with Gasteiger partial charge in [-0.2, -0.15) is 0 Å². The summed E-state index contributed by atoms with van der Waals surface area (Å²) < 4.78 is 43.9. The quantitative estimate of drug-likeness (QED) is 0.0494. The molecule has 1 fully saturated rings. The van der Waals surface area contributed by atoms with E-state index in [1.165, 1.54) is 48.4 Å². The van der Waals surface area contributed by atoms with E-state index in [4.69, 9.17) is 28.5 Å². The Bertz CT molecular complexity index is 1860. The average molecular weight is 766 g/mol. The van der Waals surface area contributed by atoms with Crippen molar-refractivity contribution in [3.8, 4) is 11.1 Å². The van der Waals surface area contributed by atoms with E-state index in [1.807, 2.05) is 0 Å². The Morgan fingerprint density at radius 2 is 1.82 bits per heavy atom. The molecule has 0 bridgehead atoms. The lowest BCUT2D eigenvalue weighted by molar-refractivity contribution is -0.119. The van der Waals surface area contributed by atoms with Crippen LogP contribution in [0.2, 0.25) is 0 Å². The Morgan fingerprint density at radius 3 is 2.37 bits per heavy atom. The summed E-state index contributed by atoms with van der Waals surface area (Å²) in [5.74, 6) is 4.79. The van der Waals surface area contributed by atoms with E-state index >= 15 is 4.39 Å². The third-order valence-corrected chi connectivity index (χ3v) is 11.7. The number of hydrazine groups is 1. The van der Waals surface area contributed by atoms with Crippen molar-refractivity contribution in [1.82, 2.24) is 15.6 Å². The summed E-state index contributed by atoms with van der Waals surface area (Å²) in [7, 11) is -9.35. The molecule has 274 valence electrons. The Labute approximate surface area is 298 Å². The van der Waals surface area contributed by atoms with Gasteiger partial charge in [0.1, 0.15) is 11.9 Å². The van der Waals surface area contributed by atoms with Crippen molar-refractivity contribution in [2.45, 2.75) is 31.1 Å². The number of nitrogens with zero attached hydrogens (tertiary/aromatic N) is 2. The maximum Gasteiger partial charge on any atom is 0.414 e. The van der Waals surface area contributed by atoms with Crippen molar-refractivity contribution in [3.05, 3.63) is 95.6 Å². The van der Waals surface area contributed by atoms with Crippen LogP contribution in [0.15, 0.2) is 78.6 Å². The van der Waals surface area contributed by atoms with Crippen LogP contribution in [-0.4, -0.2) is 72.6 Å². The van der Waals surface area contributed by atoms with E-state index in [0.717, 1.165) is 5.56 Å². The molecule has 1 saturated heterocycles. The molecule has 0 aromatic heterocycles. The molecule has 1 aliphatic heterocycles. The summed E-state index contributed by atoms with van der Waals surface area (Å²) in [5.41, 5.74) is 11.3. The summed E-state index contributed by atoms with van der Waals surface area (Å²) >= 11 is 5.65. The van der Waals surface area contributed by atoms with Crippen LogP contribution in [0.3, 0.4) is 0 Å². The molecule has 20 heteroatoms. The van der Waals surface area contributed by atoms with Crippen molar-refractivity contribution in [3.63, 3.8) is 0 Å². The minimum Gasteiger partial charge on any atom is -0.442 e. The maximum absolute atomic E-state index is 15.3. The summed E-state index contributed by atoms with van der Waals surface area (Å²) in [6.07, 6.45) is -0.676. The number of carbonyl (C=O) groups excluding carboxylic acids is 2. The second kappa shape index (κ2) is 16.8. The molecule has 1 heterocycles. The minimum atomic E-state index is -5.33. The number of rotatable bonds is 14. The Balaban J connectivity index is 1.46. The number of anilines is 2. The molecule has 3 atom stereocenters. The van der Waals surface area contributed by atoms with Gasteiger partial charge in [-0.05, 0) is 59.2 Å². The highest BCUT2D eigenvalue weighted by Crippen LogP contribution is 2.61. The van der Waals surface area contributed by atoms with Crippen LogP contribution in [-0.2, 0) is 31.6 Å². The van der Waals surface area contributed by atoms with Crippen LogP contribution in [0.1, 0.15) is 18.1 Å². The number of nitrogens with two attached hydrogens (primary N) is 2. The fourth-order valence-electron chi connectivity index (χ4n) is 5.06. The number of nitrogens with one attached hydrogen (secondary N) is 3. The number of hydrogen-bond donors (Lipinski definition) is 9. The van der Waals surface area contributed by atoms with E-state index in [2.05, 4.69) is 16.1 Å². The fraction of sp³-hybridized carbons (Fsp3) is 0.258. The zero-order valence-electron chi connectivity index (χ0n) is 27.2. The SMILES string of the molecule is CC(=O)NC[C@H]1CN(c2ccc(-c3ccc(CN(C/C(=C/N)NN)C(=S)Nc4ccc(CC(O)([PH](=O)O)P(=O)(O)O)cc4)cc3)c(F)c2)C(=O)O1. The summed E-state index contributed by atoms with van der Waals surface area (Å²) in [5, 5.41) is 13.0. The van der Waals surface area contributed by atoms with Crippen LogP contribution in [0, 0.1) is 5.82 Å². The van der Waals surface area contributed by atoms with Crippen LogP contribution in [0.4, 0.5) is 20.6 Å². The Morgan fingerprint density at radius 1 is 1.18 bits per heavy atom. The average Bonchev–Trinajstić information content (AvgIpc) is 3.46. The van der Waals surface area contributed by atoms with Crippen LogP contribution in [0.25, 0.3) is 11.1 Å². The van der Waals surface area contributed by atoms with Gasteiger partial charge in [0.2, 0.25) is 19.0 Å². The second-order valence-electron chi connectivity index (χ2n) is 11.6. The molecule has 0 saturated carbocycles. The molecule has 16 nitrogen and oxygen atoms in total. The molecule has 3 aromatic rings. The highest BCUT2D eigenvalue weighted by atomic mass is 32.1. The number of hydrogen-bond acceptors (Lipinski definition) is 10. The van der Waals surface area contributed by atoms with Gasteiger partial charge in [-0.1, -0.05) is 36.4 Å². The summed E-state index contributed by atoms with van der Waals surface area (Å²) in [4.78, 5) is 54.9. The lowest BCUT2D eigenvalue weighted by atomic mass is 10.0. The lowest BCUT2D eigenvalue weighted by Crippen LogP contribution is -2.39. The number of ether oxygens (including phenoxy) is 1. The second-order valence-corrected chi connectivity index (χ2v) is 15.6. The van der Waals surface area contributed by atoms with E-state index in [0.29, 0.717) is 28.2 Å². The molecular formula is C31H38FN7O9P2S. The van der Waals surface area contributed by atoms with E-state index in [-0.39, 0.29) is 42.8 Å². The Hall–Kier alpha value is -4.38. The van der Waals surface area contributed by atoms with Crippen molar-refractivity contribution in [2.24, 2.45) is 11.6 Å². The third kappa shape index (κ3) is 9.90. The van der Waals surface area contributed by atoms with Gasteiger partial charge in [0.05, 0.1) is 31.0 Å². The van der Waals surface area contributed by atoms with Gasteiger partial charge in [-0.25, -0.2) is 9.18 Å². The number of aliphatic hydroxyl groups is 1. The lowest BCUT2D eigenvalue weighted by Gasteiger charge is -2.27. The van der Waals surface area contributed by atoms with E-state index in [9.17, 15) is 38.5 Å². The monoisotopic (exact) mass is 765 g/mol. The number of benzene rings is 3. The number of carbonyl (C=O) groups is 2. The molecule has 2 amide bonds. The van der Waals surface area contributed by atoms with Gasteiger partial charge in [-0.3, -0.25) is 24.7 Å². The van der Waals surface area contributed by atoms with Gasteiger partial charge in [0, 0.05) is 37.3 Å². The van der Waals surface area contributed by atoms with E-state index < -0.39 is 45.1 Å². The molecule has 2 unspecified atom stereocenters. The highest BCUT2D eigenvalue weighted by molar-refractivity contribution is 7.80. The Kier molecular flexibility index (Phi) is 12.9. The fourth-order valence-corrected chi connectivity index (χ4v) is 7.05. The van der Waals surface area contributed by atoms with Crippen LogP contribution in [0.5, 0.6) is 0 Å². The molecule has 51 heavy (non-hydrogen) atoms. The standard InChI is InChI=1S/C31H38FN7O9P2S/c1-19(40)35-15-26-18-39(30(41)48-26)25-10-11-27(28(32)12-25)22-6-2-21(3-7-22)16-38(17-24(14-33)37-34)29(51)36-23-8-4-20(5-9-23)13-31(42,49(43)44)50(45,46)47/h2-12,14,26,37,42,49H,13,15-18,33-34H2,1H3,(H,35,40)(H,36,51)(H,43,44)(H2,45,46,47)/b24-14-/t26-,31?/m0/s1. The van der Waals surface area contributed by atoms with Crippen LogP contribution < -0.4 is 32.5 Å². The molecule has 11 N–H and O–H groups in total. The highest BCUT2D eigenvalue weighted by Gasteiger charge is 2.50. The first kappa shape index (κ1) is 39.4. The number of thiocarbonyl (C=S) groups is 1. The smallest absolute Gasteiger partial charge is 0.414 e. The van der Waals surface area contributed by atoms with Crippen molar-refractivity contribution in [2.75, 3.05) is 29.9 Å². The topological polar surface area (TPSA) is 253 Å². The molecule has 3 aromatic carbocycles. The third-order valence-electron chi connectivity index (χ3n) is 7.87. The zero-order chi connectivity index (χ0) is 37.5. The summed E-state index contributed by atoms with van der Waals surface area (Å²) in [6.45, 7) is 2.07. The van der Waals surface area contributed by atoms with Gasteiger partial charge < -0.3 is 51.2 Å². The molecule has 1 aliphatic rings.